The number of ether oxygens (including phenoxy) is 1. The molecule has 7 rings (SSSR count). The number of carbonyl (C=O) groups is 12. The van der Waals surface area contributed by atoms with Gasteiger partial charge < -0.3 is 64.8 Å². The summed E-state index contributed by atoms with van der Waals surface area (Å²) in [6.07, 6.45) is -13.2. The Labute approximate surface area is 642 Å². The molecule has 0 aromatic heterocycles. The summed E-state index contributed by atoms with van der Waals surface area (Å²) in [6, 6.07) is -11.4. The molecule has 33 heteroatoms. The van der Waals surface area contributed by atoms with Crippen molar-refractivity contribution in [3.63, 3.8) is 0 Å². The van der Waals surface area contributed by atoms with Crippen molar-refractivity contribution in [1.82, 2.24) is 60.0 Å². The molecule has 25 nitrogen and oxygen atoms in total. The van der Waals surface area contributed by atoms with Gasteiger partial charge in [0, 0.05) is 81.5 Å². The molecule has 2 saturated heterocycles. The molecule has 3 unspecified atom stereocenters. The normalized spacial score (nSPS) is 31.6. The van der Waals surface area contributed by atoms with Crippen molar-refractivity contribution in [3.05, 3.63) is 12.2 Å². The highest BCUT2D eigenvalue weighted by Gasteiger charge is 2.56. The highest BCUT2D eigenvalue weighted by atomic mass is 19.4. The van der Waals surface area contributed by atoms with Gasteiger partial charge in [-0.2, -0.15) is 26.3 Å². The molecule has 4 aliphatic carbocycles. The second-order valence-corrected chi connectivity index (χ2v) is 32.4. The van der Waals surface area contributed by atoms with Crippen LogP contribution < -0.4 is 16.0 Å². The van der Waals surface area contributed by atoms with Gasteiger partial charge in [-0.25, -0.2) is 8.78 Å². The Morgan fingerprint density at radius 3 is 1.80 bits per heavy atom. The van der Waals surface area contributed by atoms with E-state index in [1.54, 1.807) is 46.8 Å². The fourth-order valence-corrected chi connectivity index (χ4v) is 17.5. The topological polar surface area (TPSA) is 279 Å². The van der Waals surface area contributed by atoms with Crippen LogP contribution in [0.1, 0.15) is 190 Å². The maximum Gasteiger partial charge on any atom is 0.397 e. The Hall–Kier alpha value is -7.22. The molecular formula is C77H120F8N12O13. The van der Waals surface area contributed by atoms with Crippen LogP contribution in [0.2, 0.25) is 0 Å². The summed E-state index contributed by atoms with van der Waals surface area (Å²) >= 11 is 0. The van der Waals surface area contributed by atoms with Crippen molar-refractivity contribution >= 4 is 70.9 Å². The van der Waals surface area contributed by atoms with E-state index >= 15 is 42.3 Å². The SMILES string of the molecule is CCO[C@@H]1C[C@H]2C(=O)NC3(CCC3)C(=O)N(C)[C@@H](C3CCCC3)C(=O)N(C)[C@H](C(=O)N(CC)CC)CC(=O)N(C)[C@@H](CC(C)C)C(=O)N[C@@H]([C@@H](C)CC)C(=O)N(C)CC(=O)N(C)C3C/C=C\CCN(C3=O)[C@@H](CC3CCC(C(F)(F)F)CC3)C(=O)N(C)CC(=O)N[C@@H](CCC3CC(F)C(C(F)(F)F)C(F)C3)C(=O)N2C1. The summed E-state index contributed by atoms with van der Waals surface area (Å²) in [7, 11) is 8.05. The molecule has 12 amide bonds. The third-order valence-electron chi connectivity index (χ3n) is 24.5. The van der Waals surface area contributed by atoms with Crippen LogP contribution >= 0.6 is 0 Å². The van der Waals surface area contributed by atoms with Crippen LogP contribution in [0.3, 0.4) is 0 Å². The second-order valence-electron chi connectivity index (χ2n) is 32.4. The van der Waals surface area contributed by atoms with Crippen LogP contribution in [0.25, 0.3) is 0 Å². The lowest BCUT2D eigenvalue weighted by Gasteiger charge is -2.47. The Kier molecular flexibility index (Phi) is 31.9. The molecule has 2 bridgehead atoms. The lowest BCUT2D eigenvalue weighted by molar-refractivity contribution is -0.219. The van der Waals surface area contributed by atoms with Crippen LogP contribution in [0, 0.1) is 41.4 Å². The number of nitrogens with one attached hydrogen (secondary N) is 3. The van der Waals surface area contributed by atoms with Gasteiger partial charge in [0.15, 0.2) is 0 Å². The molecule has 0 aromatic carbocycles. The van der Waals surface area contributed by atoms with E-state index in [2.05, 4.69) is 16.0 Å². The maximum atomic E-state index is 15.7. The summed E-state index contributed by atoms with van der Waals surface area (Å²) in [6.45, 7) is 10.7. The van der Waals surface area contributed by atoms with E-state index in [9.17, 15) is 50.3 Å². The quantitative estimate of drug-likeness (QED) is 0.109. The van der Waals surface area contributed by atoms with Gasteiger partial charge in [0.2, 0.25) is 70.9 Å². The summed E-state index contributed by atoms with van der Waals surface area (Å²) in [4.78, 5) is 193. The Morgan fingerprint density at radius 2 is 1.25 bits per heavy atom. The molecule has 1 spiro atoms. The van der Waals surface area contributed by atoms with Crippen molar-refractivity contribution < 1.29 is 97.4 Å². The van der Waals surface area contributed by atoms with E-state index < -0.39 is 230 Å². The molecule has 622 valence electrons. The third kappa shape index (κ3) is 21.8. The van der Waals surface area contributed by atoms with Crippen molar-refractivity contribution in [2.45, 2.75) is 274 Å². The van der Waals surface area contributed by atoms with Crippen molar-refractivity contribution in [1.29, 1.82) is 0 Å². The number of halogens is 8. The zero-order chi connectivity index (χ0) is 81.8. The molecule has 3 N–H and O–H groups in total. The van der Waals surface area contributed by atoms with Crippen LogP contribution in [0.15, 0.2) is 12.2 Å². The number of nitrogens with zero attached hydrogens (tertiary/aromatic N) is 9. The average Bonchev–Trinajstić information content (AvgIpc) is 1.39. The minimum atomic E-state index is -5.22. The largest absolute Gasteiger partial charge is 0.397 e. The van der Waals surface area contributed by atoms with Gasteiger partial charge >= 0.3 is 12.4 Å². The minimum absolute atomic E-state index is 0.00492. The summed E-state index contributed by atoms with van der Waals surface area (Å²) in [5, 5.41) is 8.44. The summed E-state index contributed by atoms with van der Waals surface area (Å²) < 4.78 is 121. The van der Waals surface area contributed by atoms with Crippen molar-refractivity contribution in [2.24, 2.45) is 41.4 Å². The summed E-state index contributed by atoms with van der Waals surface area (Å²) in [5.41, 5.74) is -1.69. The van der Waals surface area contributed by atoms with Gasteiger partial charge in [0.25, 0.3) is 0 Å². The zero-order valence-electron chi connectivity index (χ0n) is 66.4. The number of amides is 12. The van der Waals surface area contributed by atoms with Gasteiger partial charge in [-0.15, -0.1) is 0 Å². The molecule has 7 aliphatic rings. The number of alkyl halides is 8. The number of rotatable bonds is 15. The van der Waals surface area contributed by atoms with E-state index in [-0.39, 0.29) is 116 Å². The fourth-order valence-electron chi connectivity index (χ4n) is 17.5. The molecule has 0 aromatic rings. The highest BCUT2D eigenvalue weighted by Crippen LogP contribution is 2.46. The summed E-state index contributed by atoms with van der Waals surface area (Å²) in [5.74, 6) is -16.9. The third-order valence-corrected chi connectivity index (χ3v) is 24.5. The number of likely N-dealkylation sites (N-methyl/N-ethyl adjacent to an activating group) is 7. The lowest BCUT2D eigenvalue weighted by atomic mass is 9.74. The van der Waals surface area contributed by atoms with Crippen LogP contribution in [0.5, 0.6) is 0 Å². The minimum Gasteiger partial charge on any atom is -0.377 e. The zero-order valence-corrected chi connectivity index (χ0v) is 66.4. The van der Waals surface area contributed by atoms with E-state index in [4.69, 9.17) is 4.74 Å². The fraction of sp³-hybridized carbons (Fsp3) is 0.818. The van der Waals surface area contributed by atoms with Crippen molar-refractivity contribution in [3.8, 4) is 0 Å². The molecule has 6 fully saturated rings. The first-order valence-corrected chi connectivity index (χ1v) is 39.7. The van der Waals surface area contributed by atoms with E-state index in [1.165, 1.54) is 61.9 Å². The Bertz CT molecular complexity index is 3260. The standard InChI is InChI=1S/C77H120F8N12O13/c1-14-46(7)64-72(107)90(9)44-62(100)91(10)55-26-19-18-22-35-96(71(55)106)59(39-47-27-30-50(31-28-47)76(80,81)82)69(104)89(8)43-60(98)86-54(32-29-48-37-52(78)63(53(79)38-48)77(83,84)85)68(103)97-42-51(110-17-4)40-57(97)67(102)88-75(33-23-34-75)74(109)94(13)65(49-24-20-21-25-49)73(108)93(12)58(70(105)95(15-2)16-3)41-61(99)92(11)56(36-45(5)6)66(101)87-64/h18-19,45-59,63-65H,14-17,20-44H2,1-13H3,(H,86,98)(H,87,101)(H,88,102)/b19-18-/t46-,47?,48?,50?,51+,52?,53?,54-,55?,56-,57-,58-,59-,63?,64-,65-/m0/s1. The smallest absolute Gasteiger partial charge is 0.377 e. The first-order valence-electron chi connectivity index (χ1n) is 39.7. The van der Waals surface area contributed by atoms with E-state index in [0.29, 0.717) is 38.5 Å². The first kappa shape index (κ1) is 90.0. The number of carbonyl (C=O) groups excluding carboxylic acids is 12. The van der Waals surface area contributed by atoms with Gasteiger partial charge in [-0.05, 0) is 160 Å². The highest BCUT2D eigenvalue weighted by molar-refractivity contribution is 6.01. The van der Waals surface area contributed by atoms with Gasteiger partial charge in [-0.3, -0.25) is 57.5 Å². The molecule has 3 heterocycles. The predicted molar refractivity (Wildman–Crippen MR) is 390 cm³/mol. The van der Waals surface area contributed by atoms with Gasteiger partial charge in [0.05, 0.1) is 31.5 Å². The number of hydrogen-bond acceptors (Lipinski definition) is 13. The van der Waals surface area contributed by atoms with Crippen molar-refractivity contribution in [2.75, 3.05) is 88.2 Å². The maximum absolute atomic E-state index is 15.7. The lowest BCUT2D eigenvalue weighted by Crippen LogP contribution is -2.68. The van der Waals surface area contributed by atoms with E-state index in [1.807, 2.05) is 13.8 Å². The van der Waals surface area contributed by atoms with Crippen LogP contribution in [0.4, 0.5) is 35.1 Å². The molecule has 12 atom stereocenters. The Balaban J connectivity index is 1.34. The molecule has 110 heavy (non-hydrogen) atoms. The second kappa shape index (κ2) is 39.0. The molecule has 3 aliphatic heterocycles. The molecular weight excluding hydrogens is 1450 g/mol. The van der Waals surface area contributed by atoms with E-state index in [0.717, 1.165) is 24.5 Å². The predicted octanol–water partition coefficient (Wildman–Crippen LogP) is 7.13. The molecule has 4 saturated carbocycles. The Morgan fingerprint density at radius 1 is 0.627 bits per heavy atom. The average molecular weight is 1570 g/mol. The van der Waals surface area contributed by atoms with Gasteiger partial charge in [-0.1, -0.05) is 59.1 Å². The first-order chi connectivity index (χ1) is 51.6. The van der Waals surface area contributed by atoms with Gasteiger partial charge in [0.1, 0.15) is 72.1 Å². The van der Waals surface area contributed by atoms with Crippen LogP contribution in [-0.2, 0) is 62.3 Å². The van der Waals surface area contributed by atoms with Crippen LogP contribution in [-0.4, -0.2) is 288 Å². The number of hydrogen-bond donors (Lipinski definition) is 3. The monoisotopic (exact) mass is 1570 g/mol. The molecule has 0 radical (unpaired) electrons. The number of fused-ring (bicyclic) bond motifs is 3.